The predicted octanol–water partition coefficient (Wildman–Crippen LogP) is 0.0281. The van der Waals surface area contributed by atoms with E-state index < -0.39 is 9.84 Å². The molecule has 0 aliphatic carbocycles. The highest BCUT2D eigenvalue weighted by Gasteiger charge is 2.31. The average Bonchev–Trinajstić information content (AvgIpc) is 3.12. The second kappa shape index (κ2) is 6.89. The largest absolute Gasteiger partial charge is 0.325 e. The standard InChI is InChI=1S/C15H20N6O3S/c1-11-17-18-19-21(11)13-5-3-4-12(8-13)16-15(22)9-20(2)14-6-7-25(23,24)10-14/h3-5,8,14H,6-7,9-10H2,1-2H3,(H,16,22)/t14-/m0/s1. The number of amides is 1. The van der Waals surface area contributed by atoms with E-state index in [9.17, 15) is 13.2 Å². The fraction of sp³-hybridized carbons (Fsp3) is 0.467. The SMILES string of the molecule is Cc1nnnn1-c1cccc(NC(=O)CN(C)[C@H]2CCS(=O)(=O)C2)c1. The zero-order chi connectivity index (χ0) is 18.0. The number of rotatable bonds is 5. The van der Waals surface area contributed by atoms with Crippen LogP contribution >= 0.6 is 0 Å². The Hall–Kier alpha value is -2.33. The normalized spacial score (nSPS) is 19.2. The monoisotopic (exact) mass is 364 g/mol. The summed E-state index contributed by atoms with van der Waals surface area (Å²) in [6, 6.07) is 7.10. The first-order valence-corrected chi connectivity index (χ1v) is 9.72. The number of sulfone groups is 1. The molecule has 0 bridgehead atoms. The molecule has 1 fully saturated rings. The van der Waals surface area contributed by atoms with Crippen LogP contribution in [0.2, 0.25) is 0 Å². The molecule has 1 aliphatic heterocycles. The van der Waals surface area contributed by atoms with Crippen LogP contribution in [0.4, 0.5) is 5.69 Å². The van der Waals surface area contributed by atoms with Crippen LogP contribution < -0.4 is 5.32 Å². The van der Waals surface area contributed by atoms with Gasteiger partial charge in [-0.25, -0.2) is 8.42 Å². The third-order valence-electron chi connectivity index (χ3n) is 4.22. The number of aromatic nitrogens is 4. The summed E-state index contributed by atoms with van der Waals surface area (Å²) >= 11 is 0. The van der Waals surface area contributed by atoms with Crippen molar-refractivity contribution >= 4 is 21.4 Å². The molecule has 9 nitrogen and oxygen atoms in total. The summed E-state index contributed by atoms with van der Waals surface area (Å²) in [5.41, 5.74) is 1.38. The fourth-order valence-electron chi connectivity index (χ4n) is 2.86. The smallest absolute Gasteiger partial charge is 0.238 e. The number of aryl methyl sites for hydroxylation is 1. The Balaban J connectivity index is 1.63. The van der Waals surface area contributed by atoms with Gasteiger partial charge in [-0.15, -0.1) is 5.10 Å². The molecular formula is C15H20N6O3S. The molecule has 3 rings (SSSR count). The van der Waals surface area contributed by atoms with Gasteiger partial charge in [0.15, 0.2) is 15.7 Å². The van der Waals surface area contributed by atoms with Crippen LogP contribution in [0.25, 0.3) is 5.69 Å². The van der Waals surface area contributed by atoms with Gasteiger partial charge in [-0.3, -0.25) is 9.69 Å². The molecule has 1 saturated heterocycles. The van der Waals surface area contributed by atoms with Crippen LogP contribution in [0.5, 0.6) is 0 Å². The van der Waals surface area contributed by atoms with E-state index in [0.717, 1.165) is 5.69 Å². The van der Waals surface area contributed by atoms with Crippen LogP contribution in [-0.2, 0) is 14.6 Å². The first-order valence-electron chi connectivity index (χ1n) is 7.90. The molecule has 1 N–H and O–H groups in total. The maximum Gasteiger partial charge on any atom is 0.238 e. The molecule has 2 heterocycles. The van der Waals surface area contributed by atoms with Crippen molar-refractivity contribution in [3.63, 3.8) is 0 Å². The highest BCUT2D eigenvalue weighted by molar-refractivity contribution is 7.91. The van der Waals surface area contributed by atoms with E-state index in [0.29, 0.717) is 17.9 Å². The van der Waals surface area contributed by atoms with Gasteiger partial charge < -0.3 is 5.32 Å². The van der Waals surface area contributed by atoms with E-state index in [4.69, 9.17) is 0 Å². The molecule has 25 heavy (non-hydrogen) atoms. The van der Waals surface area contributed by atoms with Crippen LogP contribution in [0, 0.1) is 6.92 Å². The van der Waals surface area contributed by atoms with Crippen molar-refractivity contribution in [3.8, 4) is 5.69 Å². The molecule has 1 aromatic carbocycles. The van der Waals surface area contributed by atoms with E-state index in [2.05, 4.69) is 20.8 Å². The molecule has 1 atom stereocenters. The Morgan fingerprint density at radius 3 is 2.88 bits per heavy atom. The molecule has 134 valence electrons. The van der Waals surface area contributed by atoms with Gasteiger partial charge in [0.2, 0.25) is 5.91 Å². The number of benzene rings is 1. The highest BCUT2D eigenvalue weighted by Crippen LogP contribution is 2.17. The first-order chi connectivity index (χ1) is 11.8. The molecule has 10 heteroatoms. The average molecular weight is 364 g/mol. The Labute approximate surface area is 145 Å². The minimum absolute atomic E-state index is 0.106. The Morgan fingerprint density at radius 2 is 2.24 bits per heavy atom. The Kier molecular flexibility index (Phi) is 4.82. The van der Waals surface area contributed by atoms with Gasteiger partial charge in [-0.05, 0) is 49.0 Å². The van der Waals surface area contributed by atoms with Crippen molar-refractivity contribution in [2.24, 2.45) is 0 Å². The van der Waals surface area contributed by atoms with Crippen LogP contribution in [0.3, 0.4) is 0 Å². The molecule has 0 radical (unpaired) electrons. The Bertz CT molecular complexity index is 879. The summed E-state index contributed by atoms with van der Waals surface area (Å²) in [6.45, 7) is 1.92. The minimum atomic E-state index is -2.96. The summed E-state index contributed by atoms with van der Waals surface area (Å²) in [4.78, 5) is 14.0. The zero-order valence-electron chi connectivity index (χ0n) is 14.1. The molecule has 1 amide bonds. The topological polar surface area (TPSA) is 110 Å². The lowest BCUT2D eigenvalue weighted by molar-refractivity contribution is -0.117. The third-order valence-corrected chi connectivity index (χ3v) is 5.97. The molecule has 0 unspecified atom stereocenters. The van der Waals surface area contributed by atoms with Crippen molar-refractivity contribution in [3.05, 3.63) is 30.1 Å². The number of nitrogens with zero attached hydrogens (tertiary/aromatic N) is 5. The van der Waals surface area contributed by atoms with Gasteiger partial charge in [0.05, 0.1) is 23.7 Å². The maximum atomic E-state index is 12.3. The van der Waals surface area contributed by atoms with Crippen LogP contribution in [0.1, 0.15) is 12.2 Å². The van der Waals surface area contributed by atoms with Gasteiger partial charge in [-0.1, -0.05) is 6.07 Å². The van der Waals surface area contributed by atoms with Crippen LogP contribution in [-0.4, -0.2) is 70.6 Å². The number of hydrogen-bond donors (Lipinski definition) is 1. The lowest BCUT2D eigenvalue weighted by Gasteiger charge is -2.22. The summed E-state index contributed by atoms with van der Waals surface area (Å²) in [5.74, 6) is 0.755. The molecule has 1 aromatic heterocycles. The number of hydrogen-bond acceptors (Lipinski definition) is 7. The number of anilines is 1. The Morgan fingerprint density at radius 1 is 1.44 bits per heavy atom. The summed E-state index contributed by atoms with van der Waals surface area (Å²) in [5, 5.41) is 14.2. The van der Waals surface area contributed by atoms with Crippen molar-refractivity contribution < 1.29 is 13.2 Å². The number of nitrogens with one attached hydrogen (secondary N) is 1. The van der Waals surface area contributed by atoms with Crippen molar-refractivity contribution in [2.75, 3.05) is 30.4 Å². The summed E-state index contributed by atoms with van der Waals surface area (Å²) in [7, 11) is -1.20. The van der Waals surface area contributed by atoms with E-state index in [1.807, 2.05) is 6.07 Å². The number of likely N-dealkylation sites (N-methyl/N-ethyl adjacent to an activating group) is 1. The minimum Gasteiger partial charge on any atom is -0.325 e. The quantitative estimate of drug-likeness (QED) is 0.797. The van der Waals surface area contributed by atoms with Crippen LogP contribution in [0.15, 0.2) is 24.3 Å². The summed E-state index contributed by atoms with van der Waals surface area (Å²) in [6.07, 6.45) is 0.570. The highest BCUT2D eigenvalue weighted by atomic mass is 32.2. The van der Waals surface area contributed by atoms with Crippen molar-refractivity contribution in [1.29, 1.82) is 0 Å². The van der Waals surface area contributed by atoms with Crippen molar-refractivity contribution in [2.45, 2.75) is 19.4 Å². The molecule has 1 aliphatic rings. The molecular weight excluding hydrogens is 344 g/mol. The van der Waals surface area contributed by atoms with Gasteiger partial charge in [0.1, 0.15) is 0 Å². The van der Waals surface area contributed by atoms with E-state index in [-0.39, 0.29) is 30.0 Å². The molecule has 2 aromatic rings. The van der Waals surface area contributed by atoms with E-state index in [1.54, 1.807) is 41.8 Å². The van der Waals surface area contributed by atoms with Gasteiger partial charge in [0.25, 0.3) is 0 Å². The second-order valence-corrected chi connectivity index (χ2v) is 8.44. The second-order valence-electron chi connectivity index (χ2n) is 6.21. The lowest BCUT2D eigenvalue weighted by Crippen LogP contribution is -2.38. The number of carbonyl (C=O) groups excluding carboxylic acids is 1. The van der Waals surface area contributed by atoms with E-state index in [1.165, 1.54) is 0 Å². The lowest BCUT2D eigenvalue weighted by atomic mass is 10.2. The summed E-state index contributed by atoms with van der Waals surface area (Å²) < 4.78 is 24.7. The predicted molar refractivity (Wildman–Crippen MR) is 92.2 cm³/mol. The fourth-order valence-corrected chi connectivity index (χ4v) is 4.67. The molecule has 0 saturated carbocycles. The first kappa shape index (κ1) is 17.5. The number of carbonyl (C=O) groups is 1. The van der Waals surface area contributed by atoms with E-state index >= 15 is 0 Å². The van der Waals surface area contributed by atoms with Gasteiger partial charge >= 0.3 is 0 Å². The third kappa shape index (κ3) is 4.20. The molecule has 0 spiro atoms. The van der Waals surface area contributed by atoms with Gasteiger partial charge in [-0.2, -0.15) is 4.68 Å². The number of tetrazole rings is 1. The van der Waals surface area contributed by atoms with Gasteiger partial charge in [0, 0.05) is 11.7 Å². The zero-order valence-corrected chi connectivity index (χ0v) is 14.9. The maximum absolute atomic E-state index is 12.3. The van der Waals surface area contributed by atoms with Crippen molar-refractivity contribution in [1.82, 2.24) is 25.1 Å².